The highest BCUT2D eigenvalue weighted by Crippen LogP contribution is 2.36. The Bertz CT molecular complexity index is 818. The van der Waals surface area contributed by atoms with Crippen LogP contribution in [0.2, 0.25) is 0 Å². The van der Waals surface area contributed by atoms with E-state index in [0.717, 1.165) is 57.8 Å². The Hall–Kier alpha value is -2.66. The van der Waals surface area contributed by atoms with Crippen molar-refractivity contribution < 1.29 is 13.9 Å². The lowest BCUT2D eigenvalue weighted by Gasteiger charge is -2.31. The summed E-state index contributed by atoms with van der Waals surface area (Å²) in [5, 5.41) is 17.4. The number of esters is 1. The third-order valence-electron chi connectivity index (χ3n) is 6.65. The van der Waals surface area contributed by atoms with E-state index >= 15 is 0 Å². The van der Waals surface area contributed by atoms with E-state index < -0.39 is 5.83 Å². The summed E-state index contributed by atoms with van der Waals surface area (Å²) in [4.78, 5) is 12.6. The minimum Gasteiger partial charge on any atom is -0.462 e. The van der Waals surface area contributed by atoms with Crippen LogP contribution in [-0.4, -0.2) is 12.1 Å². The summed E-state index contributed by atoms with van der Waals surface area (Å²) in [7, 11) is 0. The predicted octanol–water partition coefficient (Wildman–Crippen LogP) is 6.09. The van der Waals surface area contributed by atoms with Gasteiger partial charge in [-0.1, -0.05) is 12.1 Å². The molecule has 0 heterocycles. The fraction of sp³-hybridized carbons (Fsp3) is 0.560. The van der Waals surface area contributed by atoms with Crippen molar-refractivity contribution in [3.63, 3.8) is 0 Å². The van der Waals surface area contributed by atoms with Crippen molar-refractivity contribution in [3.8, 4) is 12.1 Å². The van der Waals surface area contributed by atoms with Gasteiger partial charge >= 0.3 is 5.97 Å². The summed E-state index contributed by atoms with van der Waals surface area (Å²) in [6.45, 7) is 0. The zero-order valence-electron chi connectivity index (χ0n) is 17.4. The van der Waals surface area contributed by atoms with Gasteiger partial charge in [-0.25, -0.2) is 0 Å². The van der Waals surface area contributed by atoms with Crippen molar-refractivity contribution in [2.24, 2.45) is 11.8 Å². The second-order valence-corrected chi connectivity index (χ2v) is 8.60. The normalized spacial score (nSPS) is 27.0. The summed E-state index contributed by atoms with van der Waals surface area (Å²) in [5.41, 5.74) is 1.95. The summed E-state index contributed by atoms with van der Waals surface area (Å²) in [6, 6.07) is 11.5. The van der Waals surface area contributed by atoms with E-state index in [-0.39, 0.29) is 18.0 Å². The minimum atomic E-state index is -0.707. The molecule has 2 fully saturated rings. The maximum absolute atomic E-state index is 12.9. The maximum atomic E-state index is 12.9. The van der Waals surface area contributed by atoms with E-state index in [9.17, 15) is 9.18 Å². The zero-order valence-corrected chi connectivity index (χ0v) is 17.4. The van der Waals surface area contributed by atoms with Crippen LogP contribution in [0, 0.1) is 34.5 Å². The van der Waals surface area contributed by atoms with Crippen LogP contribution in [0.15, 0.2) is 36.2 Å². The number of ether oxygens (including phenoxy) is 1. The van der Waals surface area contributed by atoms with Crippen molar-refractivity contribution in [2.45, 2.75) is 76.2 Å². The van der Waals surface area contributed by atoms with Crippen molar-refractivity contribution in [3.05, 3.63) is 47.3 Å². The quantitative estimate of drug-likeness (QED) is 0.421. The molecule has 158 valence electrons. The highest BCUT2D eigenvalue weighted by molar-refractivity contribution is 5.72. The Morgan fingerprint density at radius 3 is 2.30 bits per heavy atom. The molecule has 2 saturated carbocycles. The second kappa shape index (κ2) is 10.9. The Kier molecular flexibility index (Phi) is 8.03. The molecule has 0 atom stereocenters. The number of rotatable bonds is 6. The molecule has 0 aliphatic heterocycles. The molecule has 0 radical (unpaired) electrons. The molecule has 30 heavy (non-hydrogen) atoms. The van der Waals surface area contributed by atoms with Gasteiger partial charge in [-0.2, -0.15) is 14.9 Å². The Morgan fingerprint density at radius 2 is 1.70 bits per heavy atom. The van der Waals surface area contributed by atoms with Gasteiger partial charge in [0.1, 0.15) is 12.2 Å². The van der Waals surface area contributed by atoms with Gasteiger partial charge in [0.15, 0.2) is 5.83 Å². The number of nitrogens with zero attached hydrogens (tertiary/aromatic N) is 2. The molecule has 3 rings (SSSR count). The fourth-order valence-electron chi connectivity index (χ4n) is 4.78. The van der Waals surface area contributed by atoms with E-state index in [4.69, 9.17) is 15.3 Å². The first-order valence-corrected chi connectivity index (χ1v) is 11.1. The molecule has 4 nitrogen and oxygen atoms in total. The van der Waals surface area contributed by atoms with Crippen LogP contribution in [0.1, 0.15) is 81.3 Å². The molecule has 2 aliphatic carbocycles. The Labute approximate surface area is 178 Å². The molecule has 5 heteroatoms. The van der Waals surface area contributed by atoms with Crippen LogP contribution in [0.4, 0.5) is 4.39 Å². The molecule has 0 unspecified atom stereocenters. The number of hydrogen-bond donors (Lipinski definition) is 0. The number of carbonyl (C=O) groups is 1. The highest BCUT2D eigenvalue weighted by atomic mass is 19.1. The van der Waals surface area contributed by atoms with Crippen molar-refractivity contribution in [1.29, 1.82) is 10.5 Å². The topological polar surface area (TPSA) is 73.9 Å². The second-order valence-electron chi connectivity index (χ2n) is 8.60. The van der Waals surface area contributed by atoms with E-state index in [0.29, 0.717) is 23.8 Å². The first-order valence-electron chi connectivity index (χ1n) is 11.1. The van der Waals surface area contributed by atoms with Gasteiger partial charge in [0.25, 0.3) is 0 Å². The van der Waals surface area contributed by atoms with Gasteiger partial charge < -0.3 is 4.74 Å². The molecule has 0 saturated heterocycles. The lowest BCUT2D eigenvalue weighted by Crippen LogP contribution is -2.29. The number of nitriles is 2. The van der Waals surface area contributed by atoms with Crippen molar-refractivity contribution in [2.75, 3.05) is 0 Å². The average Bonchev–Trinajstić information content (AvgIpc) is 2.80. The van der Waals surface area contributed by atoms with Crippen molar-refractivity contribution in [1.82, 2.24) is 0 Å². The van der Waals surface area contributed by atoms with Crippen LogP contribution in [0.25, 0.3) is 0 Å². The third kappa shape index (κ3) is 6.17. The molecule has 1 aromatic rings. The Balaban J connectivity index is 1.37. The number of allylic oxidation sites excluding steroid dienone is 2. The number of halogens is 1. The van der Waals surface area contributed by atoms with Gasteiger partial charge in [0.2, 0.25) is 0 Å². The van der Waals surface area contributed by atoms with Crippen LogP contribution in [0.3, 0.4) is 0 Å². The van der Waals surface area contributed by atoms with E-state index in [1.807, 2.05) is 24.3 Å². The summed E-state index contributed by atoms with van der Waals surface area (Å²) < 4.78 is 18.7. The van der Waals surface area contributed by atoms with Gasteiger partial charge in [-0.15, -0.1) is 0 Å². The van der Waals surface area contributed by atoms with E-state index in [2.05, 4.69) is 6.07 Å². The lowest BCUT2D eigenvalue weighted by molar-refractivity contribution is -0.157. The van der Waals surface area contributed by atoms with Crippen LogP contribution in [-0.2, 0) is 9.53 Å². The van der Waals surface area contributed by atoms with Crippen LogP contribution >= 0.6 is 0 Å². The van der Waals surface area contributed by atoms with Gasteiger partial charge in [0, 0.05) is 0 Å². The van der Waals surface area contributed by atoms with Crippen LogP contribution in [0.5, 0.6) is 0 Å². The molecular formula is C25H29FN2O2. The lowest BCUT2D eigenvalue weighted by atomic mass is 9.79. The maximum Gasteiger partial charge on any atom is 0.309 e. The standard InChI is InChI=1S/C25H29FN2O2/c26-23(17-28)3-1-2-18-4-10-22(11-5-18)25(29)30-24-14-12-21(13-15-24)20-8-6-19(16-27)7-9-20/h3,6-9,18,21-22,24H,1-2,4-5,10-15H2. The first-order chi connectivity index (χ1) is 14.6. The first kappa shape index (κ1) is 22.0. The molecular weight excluding hydrogens is 379 g/mol. The molecule has 1 aromatic carbocycles. The molecule has 0 amide bonds. The molecule has 2 aliphatic rings. The van der Waals surface area contributed by atoms with Crippen LogP contribution < -0.4 is 0 Å². The van der Waals surface area contributed by atoms with E-state index in [1.165, 1.54) is 17.7 Å². The van der Waals surface area contributed by atoms with Crippen molar-refractivity contribution >= 4 is 5.97 Å². The Morgan fingerprint density at radius 1 is 1.03 bits per heavy atom. The van der Waals surface area contributed by atoms with Gasteiger partial charge in [-0.3, -0.25) is 4.79 Å². The number of carbonyl (C=O) groups excluding carboxylic acids is 1. The molecule has 0 N–H and O–H groups in total. The molecule has 0 aromatic heterocycles. The largest absolute Gasteiger partial charge is 0.462 e. The summed E-state index contributed by atoms with van der Waals surface area (Å²) >= 11 is 0. The third-order valence-corrected chi connectivity index (χ3v) is 6.65. The monoisotopic (exact) mass is 408 g/mol. The molecule has 0 spiro atoms. The zero-order chi connectivity index (χ0) is 21.3. The fourth-order valence-corrected chi connectivity index (χ4v) is 4.78. The predicted molar refractivity (Wildman–Crippen MR) is 112 cm³/mol. The number of benzene rings is 1. The summed E-state index contributed by atoms with van der Waals surface area (Å²) in [5.74, 6) is 0.207. The average molecular weight is 409 g/mol. The SMILES string of the molecule is N#CC(F)=CCCC1CCC(C(=O)OC2CCC(c3ccc(C#N)cc3)CC2)CC1. The highest BCUT2D eigenvalue weighted by Gasteiger charge is 2.30. The van der Waals surface area contributed by atoms with Gasteiger partial charge in [-0.05, 0) is 99.8 Å². The summed E-state index contributed by atoms with van der Waals surface area (Å²) in [6.07, 6.45) is 10.2. The number of hydrogen-bond acceptors (Lipinski definition) is 4. The smallest absolute Gasteiger partial charge is 0.309 e. The molecule has 0 bridgehead atoms. The van der Waals surface area contributed by atoms with Gasteiger partial charge in [0.05, 0.1) is 17.6 Å². The van der Waals surface area contributed by atoms with E-state index in [1.54, 1.807) is 0 Å². The minimum absolute atomic E-state index is 0.0103.